The molecule has 0 fully saturated rings. The van der Waals surface area contributed by atoms with Crippen LogP contribution in [0.1, 0.15) is 25.7 Å². The van der Waals surface area contributed by atoms with E-state index < -0.39 is 5.97 Å². The fraction of sp³-hybridized carbons (Fsp3) is 0.357. The SMILES string of the molecule is CC(C)n1ncnc1CN(CC(=O)O)c1cccc(Cl)c1. The molecule has 0 bridgehead atoms. The maximum Gasteiger partial charge on any atom is 0.323 e. The van der Waals surface area contributed by atoms with E-state index in [1.165, 1.54) is 6.33 Å². The molecule has 2 aromatic rings. The Morgan fingerprint density at radius 3 is 2.86 bits per heavy atom. The van der Waals surface area contributed by atoms with Gasteiger partial charge in [0.05, 0.1) is 6.54 Å². The number of anilines is 1. The van der Waals surface area contributed by atoms with E-state index in [0.717, 1.165) is 5.69 Å². The molecule has 0 amide bonds. The molecule has 1 N–H and O–H groups in total. The summed E-state index contributed by atoms with van der Waals surface area (Å²) < 4.78 is 1.78. The summed E-state index contributed by atoms with van der Waals surface area (Å²) in [4.78, 5) is 17.0. The minimum Gasteiger partial charge on any atom is -0.480 e. The lowest BCUT2D eigenvalue weighted by Gasteiger charge is -2.23. The molecule has 0 aliphatic carbocycles. The van der Waals surface area contributed by atoms with Gasteiger partial charge in [-0.05, 0) is 32.0 Å². The Morgan fingerprint density at radius 1 is 1.48 bits per heavy atom. The Kier molecular flexibility index (Phi) is 4.80. The van der Waals surface area contributed by atoms with Crippen LogP contribution in [0.25, 0.3) is 0 Å². The first-order valence-corrected chi connectivity index (χ1v) is 6.96. The highest BCUT2D eigenvalue weighted by Gasteiger charge is 2.16. The number of hydrogen-bond donors (Lipinski definition) is 1. The molecular weight excluding hydrogens is 292 g/mol. The molecule has 112 valence electrons. The number of carbonyl (C=O) groups is 1. The molecule has 0 saturated carbocycles. The number of nitrogens with zero attached hydrogens (tertiary/aromatic N) is 4. The third-order valence-electron chi connectivity index (χ3n) is 2.97. The molecule has 2 rings (SSSR count). The standard InChI is InChI=1S/C14H17ClN4O2/c1-10(2)19-13(16-9-17-19)7-18(8-14(20)21)12-5-3-4-11(15)6-12/h3-6,9-10H,7-8H2,1-2H3,(H,20,21). The number of carboxylic acids is 1. The van der Waals surface area contributed by atoms with Crippen LogP contribution in [0.2, 0.25) is 5.02 Å². The van der Waals surface area contributed by atoms with Crippen molar-refractivity contribution in [2.75, 3.05) is 11.4 Å². The number of hydrogen-bond acceptors (Lipinski definition) is 4. The monoisotopic (exact) mass is 308 g/mol. The zero-order valence-corrected chi connectivity index (χ0v) is 12.7. The lowest BCUT2D eigenvalue weighted by molar-refractivity contribution is -0.135. The highest BCUT2D eigenvalue weighted by molar-refractivity contribution is 6.30. The molecule has 0 spiro atoms. The topological polar surface area (TPSA) is 71.2 Å². The minimum absolute atomic E-state index is 0.134. The van der Waals surface area contributed by atoms with Gasteiger partial charge in [0, 0.05) is 16.8 Å². The zero-order valence-electron chi connectivity index (χ0n) is 11.9. The molecule has 21 heavy (non-hydrogen) atoms. The largest absolute Gasteiger partial charge is 0.480 e. The highest BCUT2D eigenvalue weighted by Crippen LogP contribution is 2.21. The van der Waals surface area contributed by atoms with E-state index in [4.69, 9.17) is 16.7 Å². The van der Waals surface area contributed by atoms with E-state index in [9.17, 15) is 4.79 Å². The third-order valence-corrected chi connectivity index (χ3v) is 3.20. The number of aromatic nitrogens is 3. The molecule has 1 aromatic carbocycles. The molecule has 7 heteroatoms. The minimum atomic E-state index is -0.911. The summed E-state index contributed by atoms with van der Waals surface area (Å²) in [6, 6.07) is 7.26. The van der Waals surface area contributed by atoms with Crippen molar-refractivity contribution < 1.29 is 9.90 Å². The fourth-order valence-corrected chi connectivity index (χ4v) is 2.25. The number of rotatable bonds is 6. The first kappa shape index (κ1) is 15.3. The van der Waals surface area contributed by atoms with Crippen molar-refractivity contribution in [1.82, 2.24) is 14.8 Å². The van der Waals surface area contributed by atoms with Gasteiger partial charge in [-0.2, -0.15) is 5.10 Å². The Bertz CT molecular complexity index is 627. The average Bonchev–Trinajstić information content (AvgIpc) is 2.86. The van der Waals surface area contributed by atoms with E-state index >= 15 is 0 Å². The van der Waals surface area contributed by atoms with Crippen molar-refractivity contribution in [3.8, 4) is 0 Å². The van der Waals surface area contributed by atoms with E-state index in [-0.39, 0.29) is 12.6 Å². The van der Waals surface area contributed by atoms with E-state index in [1.54, 1.807) is 27.8 Å². The van der Waals surface area contributed by atoms with Crippen LogP contribution in [0.15, 0.2) is 30.6 Å². The summed E-state index contributed by atoms with van der Waals surface area (Å²) in [6.07, 6.45) is 1.48. The number of halogens is 1. The Labute approximate surface area is 128 Å². The van der Waals surface area contributed by atoms with Gasteiger partial charge in [-0.25, -0.2) is 9.67 Å². The van der Waals surface area contributed by atoms with Gasteiger partial charge in [0.1, 0.15) is 18.7 Å². The van der Waals surface area contributed by atoms with Crippen LogP contribution >= 0.6 is 11.6 Å². The van der Waals surface area contributed by atoms with E-state index in [0.29, 0.717) is 17.4 Å². The smallest absolute Gasteiger partial charge is 0.323 e. The third kappa shape index (κ3) is 3.95. The molecule has 0 radical (unpaired) electrons. The Balaban J connectivity index is 2.28. The number of carboxylic acid groups (broad SMARTS) is 1. The molecule has 0 aliphatic rings. The van der Waals surface area contributed by atoms with Crippen molar-refractivity contribution in [2.45, 2.75) is 26.4 Å². The van der Waals surface area contributed by atoms with Gasteiger partial charge in [0.2, 0.25) is 0 Å². The van der Waals surface area contributed by atoms with Crippen LogP contribution in [0, 0.1) is 0 Å². The van der Waals surface area contributed by atoms with Crippen molar-refractivity contribution in [3.63, 3.8) is 0 Å². The maximum atomic E-state index is 11.1. The predicted octanol–water partition coefficient (Wildman–Crippen LogP) is 2.60. The van der Waals surface area contributed by atoms with Gasteiger partial charge in [-0.1, -0.05) is 17.7 Å². The predicted molar refractivity (Wildman–Crippen MR) is 80.5 cm³/mol. The van der Waals surface area contributed by atoms with Gasteiger partial charge < -0.3 is 10.0 Å². The van der Waals surface area contributed by atoms with Gasteiger partial charge in [0.15, 0.2) is 0 Å². The Hall–Kier alpha value is -2.08. The van der Waals surface area contributed by atoms with Gasteiger partial charge in [-0.15, -0.1) is 0 Å². The van der Waals surface area contributed by atoms with Crippen LogP contribution < -0.4 is 4.90 Å². The second-order valence-electron chi connectivity index (χ2n) is 4.94. The second-order valence-corrected chi connectivity index (χ2v) is 5.38. The number of benzene rings is 1. The summed E-state index contributed by atoms with van der Waals surface area (Å²) in [5.41, 5.74) is 0.739. The van der Waals surface area contributed by atoms with Crippen molar-refractivity contribution in [1.29, 1.82) is 0 Å². The molecule has 0 atom stereocenters. The first-order chi connectivity index (χ1) is 9.97. The summed E-state index contributed by atoms with van der Waals surface area (Å²) >= 11 is 5.98. The van der Waals surface area contributed by atoms with Crippen LogP contribution in [-0.2, 0) is 11.3 Å². The fourth-order valence-electron chi connectivity index (χ4n) is 2.06. The summed E-state index contributed by atoms with van der Waals surface area (Å²) in [5, 5.41) is 13.8. The van der Waals surface area contributed by atoms with Crippen molar-refractivity contribution in [3.05, 3.63) is 41.4 Å². The van der Waals surface area contributed by atoms with Crippen molar-refractivity contribution in [2.24, 2.45) is 0 Å². The molecule has 1 heterocycles. The summed E-state index contributed by atoms with van der Waals surface area (Å²) in [7, 11) is 0. The lowest BCUT2D eigenvalue weighted by atomic mass is 10.2. The van der Waals surface area contributed by atoms with Crippen LogP contribution in [0.3, 0.4) is 0 Å². The van der Waals surface area contributed by atoms with Crippen molar-refractivity contribution >= 4 is 23.3 Å². The van der Waals surface area contributed by atoms with Crippen LogP contribution in [-0.4, -0.2) is 32.4 Å². The molecular formula is C14H17ClN4O2. The second kappa shape index (κ2) is 6.58. The van der Waals surface area contributed by atoms with Gasteiger partial charge in [0.25, 0.3) is 0 Å². The first-order valence-electron chi connectivity index (χ1n) is 6.58. The normalized spacial score (nSPS) is 10.9. The Morgan fingerprint density at radius 2 is 2.24 bits per heavy atom. The molecule has 6 nitrogen and oxygen atoms in total. The summed E-state index contributed by atoms with van der Waals surface area (Å²) in [6.45, 7) is 4.22. The lowest BCUT2D eigenvalue weighted by Crippen LogP contribution is -2.30. The molecule has 0 unspecified atom stereocenters. The molecule has 0 aliphatic heterocycles. The number of aliphatic carboxylic acids is 1. The maximum absolute atomic E-state index is 11.1. The molecule has 1 aromatic heterocycles. The quantitative estimate of drug-likeness (QED) is 0.888. The molecule has 0 saturated heterocycles. The highest BCUT2D eigenvalue weighted by atomic mass is 35.5. The van der Waals surface area contributed by atoms with E-state index in [2.05, 4.69) is 10.1 Å². The zero-order chi connectivity index (χ0) is 15.4. The summed E-state index contributed by atoms with van der Waals surface area (Å²) in [5.74, 6) is -0.197. The van der Waals surface area contributed by atoms with Crippen LogP contribution in [0.4, 0.5) is 5.69 Å². The average molecular weight is 309 g/mol. The van der Waals surface area contributed by atoms with Crippen LogP contribution in [0.5, 0.6) is 0 Å². The van der Waals surface area contributed by atoms with Gasteiger partial charge in [-0.3, -0.25) is 4.79 Å². The van der Waals surface area contributed by atoms with Gasteiger partial charge >= 0.3 is 5.97 Å². The van der Waals surface area contributed by atoms with E-state index in [1.807, 2.05) is 19.9 Å².